The van der Waals surface area contributed by atoms with Crippen molar-refractivity contribution in [3.05, 3.63) is 10.1 Å². The molecular weight excluding hydrogens is 225 g/mol. The summed E-state index contributed by atoms with van der Waals surface area (Å²) in [5.41, 5.74) is -2.54. The molecule has 4 nitrogen and oxygen atoms in total. The molecule has 2 unspecified atom stereocenters. The minimum Gasteiger partial charge on any atom is -0.265 e. The van der Waals surface area contributed by atoms with Crippen LogP contribution in [0.4, 0.5) is 13.2 Å². The first-order chi connectivity index (χ1) is 7.21. The molecule has 7 heteroatoms. The molecule has 0 aromatic rings. The van der Waals surface area contributed by atoms with Crippen LogP contribution in [0.3, 0.4) is 0 Å². The quantitative estimate of drug-likeness (QED) is 0.546. The molecule has 0 heterocycles. The monoisotopic (exact) mass is 238 g/mol. The van der Waals surface area contributed by atoms with Crippen molar-refractivity contribution >= 4 is 0 Å². The van der Waals surface area contributed by atoms with E-state index in [9.17, 15) is 23.3 Å². The van der Waals surface area contributed by atoms with Gasteiger partial charge in [-0.3, -0.25) is 10.1 Å². The molecule has 92 valence electrons. The average Bonchev–Trinajstić information content (AvgIpc) is 2.13. The minimum absolute atomic E-state index is 0.134. The first-order valence-corrected chi connectivity index (χ1v) is 4.76. The van der Waals surface area contributed by atoms with Crippen LogP contribution < -0.4 is 0 Å². The second-order valence-electron chi connectivity index (χ2n) is 3.79. The predicted octanol–water partition coefficient (Wildman–Crippen LogP) is 2.77. The zero-order chi connectivity index (χ0) is 13.0. The van der Waals surface area contributed by atoms with E-state index in [1.54, 1.807) is 0 Å². The molecule has 0 rings (SSSR count). The van der Waals surface area contributed by atoms with Gasteiger partial charge in [0.1, 0.15) is 5.41 Å². The van der Waals surface area contributed by atoms with Crippen molar-refractivity contribution in [1.29, 1.82) is 5.26 Å². The molecule has 0 aromatic carbocycles. The Morgan fingerprint density at radius 3 is 2.25 bits per heavy atom. The fourth-order valence-corrected chi connectivity index (χ4v) is 1.62. The summed E-state index contributed by atoms with van der Waals surface area (Å²) in [6.45, 7) is 1.55. The maximum Gasteiger partial charge on any atom is 0.402 e. The molecule has 0 saturated carbocycles. The average molecular weight is 238 g/mol. The summed E-state index contributed by atoms with van der Waals surface area (Å²) in [6.07, 6.45) is -5.49. The van der Waals surface area contributed by atoms with Crippen LogP contribution in [0, 0.1) is 32.8 Å². The Hall–Kier alpha value is -1.32. The van der Waals surface area contributed by atoms with Crippen LogP contribution in [-0.4, -0.2) is 17.6 Å². The van der Waals surface area contributed by atoms with Crippen molar-refractivity contribution in [2.75, 3.05) is 6.54 Å². The summed E-state index contributed by atoms with van der Waals surface area (Å²) in [6, 6.07) is 1.41. The second-order valence-corrected chi connectivity index (χ2v) is 3.79. The van der Waals surface area contributed by atoms with E-state index in [-0.39, 0.29) is 6.42 Å². The number of hydrogen-bond acceptors (Lipinski definition) is 3. The van der Waals surface area contributed by atoms with Crippen LogP contribution in [0.25, 0.3) is 0 Å². The molecule has 0 aromatic heterocycles. The van der Waals surface area contributed by atoms with Gasteiger partial charge < -0.3 is 0 Å². The normalized spacial score (nSPS) is 17.2. The maximum atomic E-state index is 12.9. The minimum atomic E-state index is -4.74. The van der Waals surface area contributed by atoms with Crippen LogP contribution in [0.15, 0.2) is 0 Å². The molecule has 16 heavy (non-hydrogen) atoms. The number of hydrogen-bond donors (Lipinski definition) is 0. The molecule has 0 N–H and O–H groups in total. The number of nitro groups is 1. The third-order valence-electron chi connectivity index (χ3n) is 2.93. The van der Waals surface area contributed by atoms with Crippen LogP contribution in [0.5, 0.6) is 0 Å². The Morgan fingerprint density at radius 1 is 1.50 bits per heavy atom. The van der Waals surface area contributed by atoms with Gasteiger partial charge in [-0.15, -0.1) is 0 Å². The molecule has 0 aliphatic rings. The van der Waals surface area contributed by atoms with E-state index < -0.39 is 35.4 Å². The lowest BCUT2D eigenvalue weighted by Crippen LogP contribution is -2.48. The SMILES string of the molecule is CCC(C)C(CC#N)(C[N+](=O)[O-])C(F)(F)F. The van der Waals surface area contributed by atoms with Gasteiger partial charge in [-0.2, -0.15) is 18.4 Å². The second kappa shape index (κ2) is 5.14. The highest BCUT2D eigenvalue weighted by Crippen LogP contribution is 2.48. The molecule has 0 amide bonds. The largest absolute Gasteiger partial charge is 0.402 e. The third-order valence-corrected chi connectivity index (χ3v) is 2.93. The van der Waals surface area contributed by atoms with Crippen molar-refractivity contribution in [3.8, 4) is 6.07 Å². The Labute approximate surface area is 91.2 Å². The molecular formula is C9H13F3N2O2. The van der Waals surface area contributed by atoms with E-state index in [0.717, 1.165) is 0 Å². The van der Waals surface area contributed by atoms with Gasteiger partial charge in [0, 0.05) is 4.92 Å². The standard InChI is InChI=1S/C9H13F3N2O2/c1-3-7(2)8(4-5-13,6-14(15)16)9(10,11)12/h7H,3-4,6H2,1-2H3. The lowest BCUT2D eigenvalue weighted by molar-refractivity contribution is -0.515. The zero-order valence-corrected chi connectivity index (χ0v) is 9.04. The third kappa shape index (κ3) is 2.84. The first kappa shape index (κ1) is 14.7. The molecule has 0 aliphatic carbocycles. The molecule has 2 atom stereocenters. The molecule has 0 saturated heterocycles. The van der Waals surface area contributed by atoms with Crippen LogP contribution in [0.1, 0.15) is 26.7 Å². The highest BCUT2D eigenvalue weighted by Gasteiger charge is 2.60. The van der Waals surface area contributed by atoms with Crippen molar-refractivity contribution in [1.82, 2.24) is 0 Å². The van der Waals surface area contributed by atoms with Crippen LogP contribution >= 0.6 is 0 Å². The van der Waals surface area contributed by atoms with Gasteiger partial charge in [-0.1, -0.05) is 20.3 Å². The van der Waals surface area contributed by atoms with Gasteiger partial charge in [0.25, 0.3) is 0 Å². The van der Waals surface area contributed by atoms with E-state index in [0.29, 0.717) is 0 Å². The van der Waals surface area contributed by atoms with E-state index in [4.69, 9.17) is 5.26 Å². The maximum absolute atomic E-state index is 12.9. The number of rotatable bonds is 5. The van der Waals surface area contributed by atoms with Crippen molar-refractivity contribution in [3.63, 3.8) is 0 Å². The molecule has 0 aliphatic heterocycles. The zero-order valence-electron chi connectivity index (χ0n) is 9.04. The molecule has 0 spiro atoms. The number of halogens is 3. The summed E-state index contributed by atoms with van der Waals surface area (Å²) in [5.74, 6) is -0.961. The van der Waals surface area contributed by atoms with Gasteiger partial charge in [0.05, 0.1) is 12.5 Å². The Morgan fingerprint density at radius 2 is 2.00 bits per heavy atom. The van der Waals surface area contributed by atoms with Crippen molar-refractivity contribution in [2.45, 2.75) is 32.9 Å². The van der Waals surface area contributed by atoms with E-state index >= 15 is 0 Å². The van der Waals surface area contributed by atoms with Gasteiger partial charge >= 0.3 is 6.18 Å². The number of nitrogens with zero attached hydrogens (tertiary/aromatic N) is 2. The van der Waals surface area contributed by atoms with Gasteiger partial charge in [0.15, 0.2) is 0 Å². The highest BCUT2D eigenvalue weighted by molar-refractivity contribution is 4.96. The topological polar surface area (TPSA) is 66.9 Å². The van der Waals surface area contributed by atoms with Crippen LogP contribution in [-0.2, 0) is 0 Å². The van der Waals surface area contributed by atoms with E-state index in [1.807, 2.05) is 0 Å². The fraction of sp³-hybridized carbons (Fsp3) is 0.889. The van der Waals surface area contributed by atoms with Crippen molar-refractivity contribution in [2.24, 2.45) is 11.3 Å². The van der Waals surface area contributed by atoms with Gasteiger partial charge in [0.2, 0.25) is 6.54 Å². The summed E-state index contributed by atoms with van der Waals surface area (Å²) >= 11 is 0. The lowest BCUT2D eigenvalue weighted by atomic mass is 9.72. The first-order valence-electron chi connectivity index (χ1n) is 4.76. The van der Waals surface area contributed by atoms with Crippen LogP contribution in [0.2, 0.25) is 0 Å². The molecule has 0 radical (unpaired) electrons. The Balaban J connectivity index is 5.40. The number of nitriles is 1. The fourth-order valence-electron chi connectivity index (χ4n) is 1.62. The van der Waals surface area contributed by atoms with E-state index in [2.05, 4.69) is 0 Å². The lowest BCUT2D eigenvalue weighted by Gasteiger charge is -2.35. The Kier molecular flexibility index (Phi) is 4.72. The van der Waals surface area contributed by atoms with Gasteiger partial charge in [-0.25, -0.2) is 0 Å². The van der Waals surface area contributed by atoms with Crippen molar-refractivity contribution < 1.29 is 18.1 Å². The highest BCUT2D eigenvalue weighted by atomic mass is 19.4. The van der Waals surface area contributed by atoms with Gasteiger partial charge in [-0.05, 0) is 5.92 Å². The Bertz CT molecular complexity index is 298. The summed E-state index contributed by atoms with van der Waals surface area (Å²) in [4.78, 5) is 9.35. The smallest absolute Gasteiger partial charge is 0.265 e. The molecule has 0 bridgehead atoms. The van der Waals surface area contributed by atoms with E-state index in [1.165, 1.54) is 19.9 Å². The predicted molar refractivity (Wildman–Crippen MR) is 50.0 cm³/mol. The summed E-state index contributed by atoms with van der Waals surface area (Å²) in [5, 5.41) is 18.8. The summed E-state index contributed by atoms with van der Waals surface area (Å²) in [7, 11) is 0. The number of alkyl halides is 3. The molecule has 0 fully saturated rings. The summed E-state index contributed by atoms with van der Waals surface area (Å²) < 4.78 is 38.7.